The average Bonchev–Trinajstić information content (AvgIpc) is 2.89. The van der Waals surface area contributed by atoms with Crippen LogP contribution in [0.3, 0.4) is 0 Å². The number of methoxy groups -OCH3 is 1. The molecule has 2 rings (SSSR count). The average molecular weight is 309 g/mol. The highest BCUT2D eigenvalue weighted by Gasteiger charge is 2.26. The van der Waals surface area contributed by atoms with Gasteiger partial charge in [0.05, 0.1) is 13.3 Å². The van der Waals surface area contributed by atoms with Crippen molar-refractivity contribution in [2.24, 2.45) is 7.05 Å². The minimum atomic E-state index is -3.61. The molecule has 1 aromatic carbocycles. The maximum absolute atomic E-state index is 12.8. The molecule has 0 spiro atoms. The molecule has 114 valence electrons. The smallest absolute Gasteiger partial charge is 0.247 e. The second-order valence-corrected chi connectivity index (χ2v) is 6.51. The maximum atomic E-state index is 12.8. The molecule has 0 bridgehead atoms. The molecule has 0 aliphatic heterocycles. The minimum Gasteiger partial charge on any atom is -0.495 e. The molecule has 0 N–H and O–H groups in total. The summed E-state index contributed by atoms with van der Waals surface area (Å²) in [5, 5.41) is 4.06. The van der Waals surface area contributed by atoms with Crippen LogP contribution in [0.25, 0.3) is 0 Å². The van der Waals surface area contributed by atoms with Crippen molar-refractivity contribution in [3.63, 3.8) is 0 Å². The summed E-state index contributed by atoms with van der Waals surface area (Å²) in [7, 11) is -0.347. The lowest BCUT2D eigenvalue weighted by atomic mass is 10.3. The van der Waals surface area contributed by atoms with Crippen molar-refractivity contribution in [2.75, 3.05) is 13.7 Å². The van der Waals surface area contributed by atoms with E-state index in [1.54, 1.807) is 48.4 Å². The number of para-hydroxylation sites is 1. The molecule has 0 fully saturated rings. The maximum Gasteiger partial charge on any atom is 0.247 e. The number of hydrogen-bond acceptors (Lipinski definition) is 4. The molecule has 2 aromatic rings. The van der Waals surface area contributed by atoms with E-state index in [0.717, 1.165) is 5.56 Å². The van der Waals surface area contributed by atoms with E-state index in [0.29, 0.717) is 12.3 Å². The molecular weight excluding hydrogens is 290 g/mol. The molecule has 0 unspecified atom stereocenters. The number of aryl methyl sites for hydroxylation is 1. The number of nitrogens with zero attached hydrogens (tertiary/aromatic N) is 3. The zero-order chi connectivity index (χ0) is 15.5. The summed E-state index contributed by atoms with van der Waals surface area (Å²) in [6, 6.07) is 6.63. The van der Waals surface area contributed by atoms with E-state index in [-0.39, 0.29) is 11.4 Å². The third-order valence-corrected chi connectivity index (χ3v) is 5.12. The van der Waals surface area contributed by atoms with Gasteiger partial charge in [-0.2, -0.15) is 9.40 Å². The van der Waals surface area contributed by atoms with Crippen LogP contribution >= 0.6 is 0 Å². The number of ether oxygens (including phenoxy) is 1. The Morgan fingerprint density at radius 1 is 1.33 bits per heavy atom. The molecule has 0 atom stereocenters. The van der Waals surface area contributed by atoms with E-state index in [1.165, 1.54) is 11.4 Å². The highest BCUT2D eigenvalue weighted by molar-refractivity contribution is 7.89. The zero-order valence-electron chi connectivity index (χ0n) is 12.4. The number of rotatable bonds is 6. The molecule has 1 aromatic heterocycles. The van der Waals surface area contributed by atoms with Crippen molar-refractivity contribution in [3.05, 3.63) is 42.2 Å². The van der Waals surface area contributed by atoms with Gasteiger partial charge in [0.2, 0.25) is 10.0 Å². The van der Waals surface area contributed by atoms with Gasteiger partial charge in [-0.05, 0) is 12.1 Å². The van der Waals surface area contributed by atoms with Gasteiger partial charge in [0.1, 0.15) is 10.6 Å². The fourth-order valence-corrected chi connectivity index (χ4v) is 3.69. The van der Waals surface area contributed by atoms with E-state index in [9.17, 15) is 8.42 Å². The normalized spacial score (nSPS) is 11.8. The Bertz CT molecular complexity index is 710. The molecule has 0 saturated heterocycles. The second kappa shape index (κ2) is 6.28. The third-order valence-electron chi connectivity index (χ3n) is 3.16. The van der Waals surface area contributed by atoms with Crippen molar-refractivity contribution in [1.82, 2.24) is 14.1 Å². The van der Waals surface area contributed by atoms with E-state index >= 15 is 0 Å². The summed E-state index contributed by atoms with van der Waals surface area (Å²) >= 11 is 0. The predicted molar refractivity (Wildman–Crippen MR) is 79.5 cm³/mol. The number of benzene rings is 1. The summed E-state index contributed by atoms with van der Waals surface area (Å²) in [5.41, 5.74) is 0.845. The van der Waals surface area contributed by atoms with Crippen LogP contribution < -0.4 is 4.74 Å². The standard InChI is InChI=1S/C14H19N3O3S/c1-4-17(11-12-9-15-16(2)10-12)21(18,19)14-8-6-5-7-13(14)20-3/h5-10H,4,11H2,1-3H3. The molecule has 1 heterocycles. The minimum absolute atomic E-state index is 0.179. The first-order chi connectivity index (χ1) is 9.98. The number of aromatic nitrogens is 2. The lowest BCUT2D eigenvalue weighted by Crippen LogP contribution is -2.30. The highest BCUT2D eigenvalue weighted by atomic mass is 32.2. The van der Waals surface area contributed by atoms with Crippen molar-refractivity contribution < 1.29 is 13.2 Å². The monoisotopic (exact) mass is 309 g/mol. The number of hydrogen-bond donors (Lipinski definition) is 0. The summed E-state index contributed by atoms with van der Waals surface area (Å²) < 4.78 is 33.8. The van der Waals surface area contributed by atoms with Crippen LogP contribution in [0.5, 0.6) is 5.75 Å². The molecule has 0 saturated carbocycles. The van der Waals surface area contributed by atoms with Crippen LogP contribution in [-0.4, -0.2) is 36.2 Å². The Hall–Kier alpha value is -1.86. The second-order valence-electron chi connectivity index (χ2n) is 4.60. The fourth-order valence-electron chi connectivity index (χ4n) is 2.09. The van der Waals surface area contributed by atoms with Gasteiger partial charge in [-0.1, -0.05) is 19.1 Å². The van der Waals surface area contributed by atoms with Gasteiger partial charge in [0.25, 0.3) is 0 Å². The summed E-state index contributed by atoms with van der Waals surface area (Å²) in [5.74, 6) is 0.349. The highest BCUT2D eigenvalue weighted by Crippen LogP contribution is 2.27. The Morgan fingerprint density at radius 2 is 2.05 bits per heavy atom. The Balaban J connectivity index is 2.35. The molecule has 6 nitrogen and oxygen atoms in total. The van der Waals surface area contributed by atoms with Gasteiger partial charge in [-0.15, -0.1) is 0 Å². The summed E-state index contributed by atoms with van der Waals surface area (Å²) in [4.78, 5) is 0.179. The van der Waals surface area contributed by atoms with Crippen LogP contribution in [0, 0.1) is 0 Å². The van der Waals surface area contributed by atoms with Gasteiger partial charge in [0.15, 0.2) is 0 Å². The van der Waals surface area contributed by atoms with Crippen LogP contribution in [0.15, 0.2) is 41.6 Å². The van der Waals surface area contributed by atoms with Crippen molar-refractivity contribution in [3.8, 4) is 5.75 Å². The number of sulfonamides is 1. The molecule has 0 radical (unpaired) electrons. The summed E-state index contributed by atoms with van der Waals surface area (Å²) in [6.45, 7) is 2.46. The molecular formula is C14H19N3O3S. The SMILES string of the molecule is CCN(Cc1cnn(C)c1)S(=O)(=O)c1ccccc1OC. The van der Waals surface area contributed by atoms with Crippen LogP contribution in [0.1, 0.15) is 12.5 Å². The van der Waals surface area contributed by atoms with Crippen molar-refractivity contribution in [1.29, 1.82) is 0 Å². The lowest BCUT2D eigenvalue weighted by Gasteiger charge is -2.21. The van der Waals surface area contributed by atoms with Gasteiger partial charge in [0, 0.05) is 31.9 Å². The van der Waals surface area contributed by atoms with Gasteiger partial charge < -0.3 is 4.74 Å². The molecule has 0 amide bonds. The van der Waals surface area contributed by atoms with Crippen LogP contribution in [0.4, 0.5) is 0 Å². The quantitative estimate of drug-likeness (QED) is 0.814. The largest absolute Gasteiger partial charge is 0.495 e. The summed E-state index contributed by atoms with van der Waals surface area (Å²) in [6.07, 6.45) is 3.47. The fraction of sp³-hybridized carbons (Fsp3) is 0.357. The van der Waals surface area contributed by atoms with E-state index < -0.39 is 10.0 Å². The Labute approximate surface area is 125 Å². The van der Waals surface area contributed by atoms with Gasteiger partial charge in [-0.25, -0.2) is 8.42 Å². The first-order valence-electron chi connectivity index (χ1n) is 6.59. The molecule has 0 aliphatic rings. The third kappa shape index (κ3) is 3.25. The van der Waals surface area contributed by atoms with E-state index in [1.807, 2.05) is 6.92 Å². The van der Waals surface area contributed by atoms with E-state index in [2.05, 4.69) is 5.10 Å². The first kappa shape index (κ1) is 15.5. The van der Waals surface area contributed by atoms with Gasteiger partial charge in [-0.3, -0.25) is 4.68 Å². The lowest BCUT2D eigenvalue weighted by molar-refractivity contribution is 0.391. The van der Waals surface area contributed by atoms with Crippen LogP contribution in [0.2, 0.25) is 0 Å². The van der Waals surface area contributed by atoms with Gasteiger partial charge >= 0.3 is 0 Å². The van der Waals surface area contributed by atoms with Crippen LogP contribution in [-0.2, 0) is 23.6 Å². The predicted octanol–water partition coefficient (Wildman–Crippen LogP) is 1.64. The Morgan fingerprint density at radius 3 is 2.62 bits per heavy atom. The first-order valence-corrected chi connectivity index (χ1v) is 8.03. The van der Waals surface area contributed by atoms with E-state index in [4.69, 9.17) is 4.74 Å². The Kier molecular flexibility index (Phi) is 4.64. The molecule has 7 heteroatoms. The zero-order valence-corrected chi connectivity index (χ0v) is 13.2. The van der Waals surface area contributed by atoms with Crippen molar-refractivity contribution in [2.45, 2.75) is 18.4 Å². The van der Waals surface area contributed by atoms with Crippen molar-refractivity contribution >= 4 is 10.0 Å². The topological polar surface area (TPSA) is 64.4 Å². The molecule has 0 aliphatic carbocycles. The molecule has 21 heavy (non-hydrogen) atoms.